The highest BCUT2D eigenvalue weighted by Crippen LogP contribution is 2.31. The molecule has 0 amide bonds. The van der Waals surface area contributed by atoms with Gasteiger partial charge in [-0.15, -0.1) is 0 Å². The van der Waals surface area contributed by atoms with E-state index in [0.29, 0.717) is 0 Å². The Balaban J connectivity index is 4.80. The normalized spacial score (nSPS) is 16.6. The van der Waals surface area contributed by atoms with Gasteiger partial charge in [0.25, 0.3) is 0 Å². The minimum absolute atomic E-state index is 0.588. The Morgan fingerprint density at radius 1 is 0.480 bits per heavy atom. The first-order valence-corrected chi connectivity index (χ1v) is 14.6. The fourth-order valence-electron chi connectivity index (χ4n) is 4.65. The Kier molecular flexibility index (Phi) is 17.8. The van der Waals surface area contributed by atoms with Gasteiger partial charge in [-0.3, -0.25) is 0 Å². The molecule has 3 atom stereocenters. The number of unbranched alkanes of at least 4 members (excludes halogenated alkanes) is 3. The third kappa shape index (κ3) is 13.1. The summed E-state index contributed by atoms with van der Waals surface area (Å²) in [5, 5.41) is 0. The molecule has 1 heteroatoms. The molecular formula is C24H52Si. The first kappa shape index (κ1) is 25.2. The predicted octanol–water partition coefficient (Wildman–Crippen LogP) is 8.86. The van der Waals surface area contributed by atoms with E-state index < -0.39 is 8.80 Å². The van der Waals surface area contributed by atoms with Crippen LogP contribution in [0, 0.1) is 17.8 Å². The van der Waals surface area contributed by atoms with E-state index in [1.165, 1.54) is 77.0 Å². The second kappa shape index (κ2) is 17.6. The Morgan fingerprint density at radius 2 is 0.760 bits per heavy atom. The van der Waals surface area contributed by atoms with Crippen molar-refractivity contribution in [1.82, 2.24) is 0 Å². The van der Waals surface area contributed by atoms with Crippen LogP contribution in [0.3, 0.4) is 0 Å². The van der Waals surface area contributed by atoms with Gasteiger partial charge >= 0.3 is 0 Å². The lowest BCUT2D eigenvalue weighted by atomic mass is 10.0. The van der Waals surface area contributed by atoms with Crippen LogP contribution in [-0.2, 0) is 0 Å². The Hall–Kier alpha value is 0.217. The molecule has 0 aromatic carbocycles. The topological polar surface area (TPSA) is 0 Å². The Morgan fingerprint density at radius 3 is 0.960 bits per heavy atom. The molecule has 0 aromatic heterocycles. The van der Waals surface area contributed by atoms with Crippen molar-refractivity contribution in [2.75, 3.05) is 0 Å². The van der Waals surface area contributed by atoms with Gasteiger partial charge in [0.15, 0.2) is 0 Å². The smallest absolute Gasteiger partial charge is 0.0376 e. The third-order valence-electron chi connectivity index (χ3n) is 6.63. The van der Waals surface area contributed by atoms with Crippen molar-refractivity contribution < 1.29 is 0 Å². The lowest BCUT2D eigenvalue weighted by Gasteiger charge is -2.28. The summed E-state index contributed by atoms with van der Waals surface area (Å²) in [7, 11) is -0.588. The molecule has 0 fully saturated rings. The monoisotopic (exact) mass is 368 g/mol. The Labute approximate surface area is 163 Å². The first-order valence-electron chi connectivity index (χ1n) is 12.1. The van der Waals surface area contributed by atoms with Gasteiger partial charge < -0.3 is 0 Å². The summed E-state index contributed by atoms with van der Waals surface area (Å²) in [5.41, 5.74) is 0. The van der Waals surface area contributed by atoms with Crippen molar-refractivity contribution in [3.63, 3.8) is 0 Å². The molecule has 0 rings (SSSR count). The van der Waals surface area contributed by atoms with E-state index in [2.05, 4.69) is 41.5 Å². The summed E-state index contributed by atoms with van der Waals surface area (Å²) in [5.74, 6) is 3.14. The molecule has 0 saturated heterocycles. The quantitative estimate of drug-likeness (QED) is 0.212. The highest BCUT2D eigenvalue weighted by atomic mass is 28.3. The number of hydrogen-bond donors (Lipinski definition) is 0. The zero-order chi connectivity index (χ0) is 18.9. The first-order chi connectivity index (χ1) is 12.1. The lowest BCUT2D eigenvalue weighted by Crippen LogP contribution is -2.24. The van der Waals surface area contributed by atoms with Crippen LogP contribution < -0.4 is 0 Å². The zero-order valence-corrected chi connectivity index (χ0v) is 20.1. The molecule has 0 N–H and O–H groups in total. The minimum atomic E-state index is -0.588. The maximum Gasteiger partial charge on any atom is 0.0376 e. The van der Waals surface area contributed by atoms with Crippen LogP contribution in [0.15, 0.2) is 0 Å². The van der Waals surface area contributed by atoms with Gasteiger partial charge in [0.2, 0.25) is 0 Å². The molecule has 0 nitrogen and oxygen atoms in total. The largest absolute Gasteiger partial charge is 0.0654 e. The van der Waals surface area contributed by atoms with Gasteiger partial charge in [-0.25, -0.2) is 0 Å². The van der Waals surface area contributed by atoms with Crippen molar-refractivity contribution in [1.29, 1.82) is 0 Å². The summed E-state index contributed by atoms with van der Waals surface area (Å²) >= 11 is 0. The van der Waals surface area contributed by atoms with E-state index in [1.807, 2.05) is 0 Å². The summed E-state index contributed by atoms with van der Waals surface area (Å²) in [6, 6.07) is 4.96. The van der Waals surface area contributed by atoms with Crippen LogP contribution in [0.1, 0.15) is 119 Å². The van der Waals surface area contributed by atoms with Crippen LogP contribution in [0.4, 0.5) is 0 Å². The van der Waals surface area contributed by atoms with Crippen molar-refractivity contribution in [3.05, 3.63) is 0 Å². The molecule has 0 aromatic rings. The summed E-state index contributed by atoms with van der Waals surface area (Å²) in [6.45, 7) is 14.4. The molecule has 0 aliphatic carbocycles. The molecule has 0 aliphatic heterocycles. The van der Waals surface area contributed by atoms with E-state index in [0.717, 1.165) is 17.8 Å². The van der Waals surface area contributed by atoms with Gasteiger partial charge in [-0.2, -0.15) is 0 Å². The molecule has 25 heavy (non-hydrogen) atoms. The molecular weight excluding hydrogens is 316 g/mol. The minimum Gasteiger partial charge on any atom is -0.0654 e. The molecule has 0 spiro atoms. The highest BCUT2D eigenvalue weighted by molar-refractivity contribution is 6.59. The van der Waals surface area contributed by atoms with Crippen LogP contribution in [0.2, 0.25) is 18.1 Å². The van der Waals surface area contributed by atoms with Crippen molar-refractivity contribution >= 4 is 8.80 Å². The maximum atomic E-state index is 2.45. The summed E-state index contributed by atoms with van der Waals surface area (Å²) < 4.78 is 0. The highest BCUT2D eigenvalue weighted by Gasteiger charge is 2.23. The predicted molar refractivity (Wildman–Crippen MR) is 121 cm³/mol. The average Bonchev–Trinajstić information content (AvgIpc) is 2.64. The van der Waals surface area contributed by atoms with Crippen LogP contribution in [0.5, 0.6) is 0 Å². The van der Waals surface area contributed by atoms with E-state index in [-0.39, 0.29) is 0 Å². The second-order valence-corrected chi connectivity index (χ2v) is 12.0. The van der Waals surface area contributed by atoms with E-state index in [9.17, 15) is 0 Å². The molecule has 3 unspecified atom stereocenters. The van der Waals surface area contributed by atoms with Gasteiger partial charge in [-0.1, -0.05) is 137 Å². The molecule has 0 heterocycles. The molecule has 0 radical (unpaired) electrons. The third-order valence-corrected chi connectivity index (χ3v) is 10.6. The fourth-order valence-corrected chi connectivity index (χ4v) is 9.76. The van der Waals surface area contributed by atoms with E-state index in [4.69, 9.17) is 0 Å². The molecule has 0 bridgehead atoms. The molecule has 0 aliphatic rings. The van der Waals surface area contributed by atoms with Crippen LogP contribution in [0.25, 0.3) is 0 Å². The van der Waals surface area contributed by atoms with Crippen LogP contribution in [-0.4, -0.2) is 8.80 Å². The van der Waals surface area contributed by atoms with Crippen molar-refractivity contribution in [2.24, 2.45) is 17.8 Å². The number of hydrogen-bond acceptors (Lipinski definition) is 0. The van der Waals surface area contributed by atoms with Gasteiger partial charge in [0.05, 0.1) is 0 Å². The van der Waals surface area contributed by atoms with Crippen molar-refractivity contribution in [2.45, 2.75) is 137 Å². The Bertz CT molecular complexity index is 220. The van der Waals surface area contributed by atoms with Gasteiger partial charge in [0.1, 0.15) is 0 Å². The number of rotatable bonds is 18. The molecule has 0 saturated carbocycles. The SMILES string of the molecule is CCCCC(CC)C[SiH](CC(CC)CCCC)CC(CC)CCCC. The standard InChI is InChI=1S/C24H52Si/c1-7-13-16-22(10-4)19-25(20-23(11-5)17-14-8-2)21-24(12-6)18-15-9-3/h22-25H,7-21H2,1-6H3. The van der Waals surface area contributed by atoms with Gasteiger partial charge in [0, 0.05) is 8.80 Å². The molecule has 152 valence electrons. The van der Waals surface area contributed by atoms with Crippen molar-refractivity contribution in [3.8, 4) is 0 Å². The maximum absolute atomic E-state index is 2.45. The van der Waals surface area contributed by atoms with E-state index in [1.54, 1.807) is 18.1 Å². The van der Waals surface area contributed by atoms with Crippen LogP contribution >= 0.6 is 0 Å². The van der Waals surface area contributed by atoms with Gasteiger partial charge in [-0.05, 0) is 17.8 Å². The average molecular weight is 369 g/mol. The van der Waals surface area contributed by atoms with E-state index >= 15 is 0 Å². The summed E-state index contributed by atoms with van der Waals surface area (Å²) in [4.78, 5) is 0. The fraction of sp³-hybridized carbons (Fsp3) is 1.00. The zero-order valence-electron chi connectivity index (χ0n) is 18.9. The second-order valence-electron chi connectivity index (χ2n) is 8.82. The summed E-state index contributed by atoms with van der Waals surface area (Å²) in [6.07, 6.45) is 17.3. The lowest BCUT2D eigenvalue weighted by molar-refractivity contribution is 0.453.